The number of anilines is 2. The van der Waals surface area contributed by atoms with E-state index in [1.807, 2.05) is 11.8 Å². The topological polar surface area (TPSA) is 12.0 Å². The summed E-state index contributed by atoms with van der Waals surface area (Å²) in [6.07, 6.45) is 0. The minimum Gasteiger partial charge on any atom is -0.354 e. The molecule has 0 aliphatic carbocycles. The van der Waals surface area contributed by atoms with Crippen molar-refractivity contribution in [3.05, 3.63) is 46.4 Å². The fraction of sp³-hybridized carbons (Fsp3) is 0.0769. The molecule has 3 rings (SSSR count). The summed E-state index contributed by atoms with van der Waals surface area (Å²) in [5, 5.41) is 3.45. The van der Waals surface area contributed by atoms with Crippen molar-refractivity contribution in [1.82, 2.24) is 0 Å². The van der Waals surface area contributed by atoms with E-state index in [0.717, 1.165) is 4.47 Å². The summed E-state index contributed by atoms with van der Waals surface area (Å²) in [6.45, 7) is 2.12. The van der Waals surface area contributed by atoms with Crippen LogP contribution >= 0.6 is 27.7 Å². The normalized spacial score (nSPS) is 12.6. The Morgan fingerprint density at radius 2 is 1.69 bits per heavy atom. The fourth-order valence-electron chi connectivity index (χ4n) is 1.76. The van der Waals surface area contributed by atoms with E-state index in [1.165, 1.54) is 26.7 Å². The second-order valence-electron chi connectivity index (χ2n) is 3.87. The molecule has 3 heteroatoms. The van der Waals surface area contributed by atoms with Crippen LogP contribution in [0.15, 0.2) is 50.7 Å². The van der Waals surface area contributed by atoms with Gasteiger partial charge in [0.15, 0.2) is 0 Å². The van der Waals surface area contributed by atoms with Gasteiger partial charge in [0.2, 0.25) is 0 Å². The lowest BCUT2D eigenvalue weighted by molar-refractivity contribution is 1.28. The molecule has 0 aromatic heterocycles. The zero-order valence-electron chi connectivity index (χ0n) is 8.75. The number of nitrogens with one attached hydrogen (secondary N) is 1. The van der Waals surface area contributed by atoms with Crippen LogP contribution in [-0.2, 0) is 0 Å². The standard InChI is InChI=1S/C13H10BrNS/c1-8-2-4-10-12(6-8)16-13-7-9(14)3-5-11(13)15-10/h2-7,15H,1H3. The fourth-order valence-corrected chi connectivity index (χ4v) is 3.40. The van der Waals surface area contributed by atoms with Crippen molar-refractivity contribution < 1.29 is 0 Å². The molecule has 2 aromatic carbocycles. The second kappa shape index (κ2) is 3.82. The quantitative estimate of drug-likeness (QED) is 0.628. The SMILES string of the molecule is Cc1ccc2c(c1)Sc1cc(Br)ccc1N2. The molecule has 80 valence electrons. The molecule has 0 atom stereocenters. The highest BCUT2D eigenvalue weighted by Crippen LogP contribution is 2.45. The number of hydrogen-bond acceptors (Lipinski definition) is 2. The monoisotopic (exact) mass is 291 g/mol. The Bertz CT molecular complexity index is 516. The maximum Gasteiger partial charge on any atom is 0.0527 e. The molecule has 0 unspecified atom stereocenters. The van der Waals surface area contributed by atoms with Gasteiger partial charge < -0.3 is 5.32 Å². The lowest BCUT2D eigenvalue weighted by Gasteiger charge is -2.21. The van der Waals surface area contributed by atoms with Gasteiger partial charge in [-0.1, -0.05) is 33.8 Å². The van der Waals surface area contributed by atoms with Crippen LogP contribution in [0.1, 0.15) is 5.56 Å². The zero-order chi connectivity index (χ0) is 11.1. The van der Waals surface area contributed by atoms with E-state index < -0.39 is 0 Å². The highest BCUT2D eigenvalue weighted by Gasteiger charge is 2.15. The first-order valence-electron chi connectivity index (χ1n) is 5.07. The van der Waals surface area contributed by atoms with Crippen LogP contribution in [0.2, 0.25) is 0 Å². The minimum absolute atomic E-state index is 1.12. The molecule has 1 nitrogen and oxygen atoms in total. The minimum atomic E-state index is 1.12. The second-order valence-corrected chi connectivity index (χ2v) is 5.87. The van der Waals surface area contributed by atoms with E-state index in [0.29, 0.717) is 0 Å². The molecule has 1 aliphatic rings. The van der Waals surface area contributed by atoms with Crippen LogP contribution in [0.25, 0.3) is 0 Å². The zero-order valence-corrected chi connectivity index (χ0v) is 11.2. The first-order chi connectivity index (χ1) is 7.72. The third-order valence-electron chi connectivity index (χ3n) is 2.57. The predicted molar refractivity (Wildman–Crippen MR) is 72.7 cm³/mol. The van der Waals surface area contributed by atoms with Crippen molar-refractivity contribution >= 4 is 39.1 Å². The van der Waals surface area contributed by atoms with Gasteiger partial charge >= 0.3 is 0 Å². The Hall–Kier alpha value is -0.930. The molecule has 0 saturated carbocycles. The first-order valence-corrected chi connectivity index (χ1v) is 6.68. The van der Waals surface area contributed by atoms with Crippen molar-refractivity contribution in [2.24, 2.45) is 0 Å². The highest BCUT2D eigenvalue weighted by atomic mass is 79.9. The maximum absolute atomic E-state index is 3.50. The lowest BCUT2D eigenvalue weighted by atomic mass is 10.2. The van der Waals surface area contributed by atoms with E-state index >= 15 is 0 Å². The number of halogens is 1. The molecule has 0 spiro atoms. The Morgan fingerprint density at radius 3 is 2.50 bits per heavy atom. The van der Waals surface area contributed by atoms with E-state index in [4.69, 9.17) is 0 Å². The van der Waals surface area contributed by atoms with Gasteiger partial charge in [-0.05, 0) is 42.8 Å². The number of rotatable bonds is 0. The number of benzene rings is 2. The third-order valence-corrected chi connectivity index (χ3v) is 4.18. The summed E-state index contributed by atoms with van der Waals surface area (Å²) >= 11 is 5.32. The molecule has 0 fully saturated rings. The predicted octanol–water partition coefficient (Wildman–Crippen LogP) is 4.97. The van der Waals surface area contributed by atoms with Crippen molar-refractivity contribution in [2.45, 2.75) is 16.7 Å². The molecule has 1 heterocycles. The molecule has 1 N–H and O–H groups in total. The van der Waals surface area contributed by atoms with Crippen LogP contribution in [0.3, 0.4) is 0 Å². The smallest absolute Gasteiger partial charge is 0.0527 e. The van der Waals surface area contributed by atoms with Crippen LogP contribution in [0, 0.1) is 6.92 Å². The molecule has 2 aromatic rings. The number of hydrogen-bond donors (Lipinski definition) is 1. The Labute approximate surface area is 107 Å². The van der Waals surface area contributed by atoms with Gasteiger partial charge in [0.05, 0.1) is 11.4 Å². The van der Waals surface area contributed by atoms with Gasteiger partial charge in [-0.3, -0.25) is 0 Å². The van der Waals surface area contributed by atoms with Crippen molar-refractivity contribution in [2.75, 3.05) is 5.32 Å². The van der Waals surface area contributed by atoms with Gasteiger partial charge in [0, 0.05) is 14.3 Å². The first kappa shape index (κ1) is 10.2. The van der Waals surface area contributed by atoms with Gasteiger partial charge in [0.1, 0.15) is 0 Å². The molecular weight excluding hydrogens is 282 g/mol. The van der Waals surface area contributed by atoms with E-state index in [2.05, 4.69) is 64.6 Å². The van der Waals surface area contributed by atoms with Gasteiger partial charge in [-0.15, -0.1) is 0 Å². The average Bonchev–Trinajstić information content (AvgIpc) is 2.26. The Balaban J connectivity index is 2.10. The van der Waals surface area contributed by atoms with E-state index in [1.54, 1.807) is 0 Å². The van der Waals surface area contributed by atoms with Gasteiger partial charge in [-0.25, -0.2) is 0 Å². The van der Waals surface area contributed by atoms with E-state index in [9.17, 15) is 0 Å². The average molecular weight is 292 g/mol. The summed E-state index contributed by atoms with van der Waals surface area (Å²) in [5.41, 5.74) is 3.68. The molecule has 16 heavy (non-hydrogen) atoms. The van der Waals surface area contributed by atoms with Crippen molar-refractivity contribution in [1.29, 1.82) is 0 Å². The summed E-state index contributed by atoms with van der Waals surface area (Å²) in [7, 11) is 0. The molecule has 0 saturated heterocycles. The van der Waals surface area contributed by atoms with Crippen LogP contribution in [0.5, 0.6) is 0 Å². The highest BCUT2D eigenvalue weighted by molar-refractivity contribution is 9.10. The largest absolute Gasteiger partial charge is 0.354 e. The van der Waals surface area contributed by atoms with Crippen molar-refractivity contribution in [3.63, 3.8) is 0 Å². The molecular formula is C13H10BrNS. The van der Waals surface area contributed by atoms with Gasteiger partial charge in [-0.2, -0.15) is 0 Å². The number of fused-ring (bicyclic) bond motifs is 2. The van der Waals surface area contributed by atoms with Crippen LogP contribution < -0.4 is 5.32 Å². The Morgan fingerprint density at radius 1 is 1.00 bits per heavy atom. The summed E-state index contributed by atoms with van der Waals surface area (Å²) in [4.78, 5) is 2.57. The molecule has 0 radical (unpaired) electrons. The van der Waals surface area contributed by atoms with Crippen LogP contribution in [0.4, 0.5) is 11.4 Å². The summed E-state index contributed by atoms with van der Waals surface area (Å²) < 4.78 is 1.12. The van der Waals surface area contributed by atoms with Crippen LogP contribution in [-0.4, -0.2) is 0 Å². The van der Waals surface area contributed by atoms with E-state index in [-0.39, 0.29) is 0 Å². The Kier molecular flexibility index (Phi) is 2.45. The lowest BCUT2D eigenvalue weighted by Crippen LogP contribution is -1.99. The van der Waals surface area contributed by atoms with Crippen molar-refractivity contribution in [3.8, 4) is 0 Å². The molecule has 0 bridgehead atoms. The maximum atomic E-state index is 3.50. The summed E-state index contributed by atoms with van der Waals surface area (Å²) in [6, 6.07) is 12.8. The molecule has 1 aliphatic heterocycles. The third kappa shape index (κ3) is 1.74. The summed E-state index contributed by atoms with van der Waals surface area (Å²) in [5.74, 6) is 0. The number of aryl methyl sites for hydroxylation is 1. The van der Waals surface area contributed by atoms with Gasteiger partial charge in [0.25, 0.3) is 0 Å². The molecule has 0 amide bonds.